The number of aromatic nitrogens is 2. The van der Waals surface area contributed by atoms with Gasteiger partial charge in [-0.05, 0) is 37.7 Å². The zero-order valence-electron chi connectivity index (χ0n) is 16.3. The SMILES string of the molecule is CC(Nc1ncc(C(=O)N2CCC3(CCOCC3)C2)cn1)c1ccc(F)cc1F. The van der Waals surface area contributed by atoms with Gasteiger partial charge in [0.25, 0.3) is 5.91 Å². The number of anilines is 1. The highest BCUT2D eigenvalue weighted by molar-refractivity contribution is 5.94. The van der Waals surface area contributed by atoms with Crippen molar-refractivity contribution in [2.45, 2.75) is 32.2 Å². The molecule has 0 saturated carbocycles. The number of hydrogen-bond acceptors (Lipinski definition) is 5. The number of likely N-dealkylation sites (tertiary alicyclic amines) is 1. The van der Waals surface area contributed by atoms with E-state index in [1.54, 1.807) is 6.92 Å². The second-order valence-electron chi connectivity index (χ2n) is 7.92. The Morgan fingerprint density at radius 3 is 2.62 bits per heavy atom. The number of carbonyl (C=O) groups is 1. The van der Waals surface area contributed by atoms with Gasteiger partial charge in [-0.3, -0.25) is 4.79 Å². The van der Waals surface area contributed by atoms with Crippen LogP contribution in [0.5, 0.6) is 0 Å². The largest absolute Gasteiger partial charge is 0.381 e. The van der Waals surface area contributed by atoms with Crippen molar-refractivity contribution in [3.05, 3.63) is 53.4 Å². The summed E-state index contributed by atoms with van der Waals surface area (Å²) in [5.74, 6) is -1.05. The quantitative estimate of drug-likeness (QED) is 0.847. The Balaban J connectivity index is 1.39. The molecule has 1 aromatic heterocycles. The molecule has 0 bridgehead atoms. The maximum atomic E-state index is 13.9. The smallest absolute Gasteiger partial charge is 0.257 e. The van der Waals surface area contributed by atoms with Crippen LogP contribution in [-0.2, 0) is 4.74 Å². The lowest BCUT2D eigenvalue weighted by atomic mass is 9.80. The molecule has 1 unspecified atom stereocenters. The maximum Gasteiger partial charge on any atom is 0.257 e. The highest BCUT2D eigenvalue weighted by atomic mass is 19.1. The normalized spacial score (nSPS) is 19.3. The highest BCUT2D eigenvalue weighted by Gasteiger charge is 2.41. The monoisotopic (exact) mass is 402 g/mol. The van der Waals surface area contributed by atoms with E-state index in [1.165, 1.54) is 24.5 Å². The molecule has 154 valence electrons. The van der Waals surface area contributed by atoms with Crippen LogP contribution in [0.3, 0.4) is 0 Å². The summed E-state index contributed by atoms with van der Waals surface area (Å²) in [7, 11) is 0. The molecule has 6 nitrogen and oxygen atoms in total. The molecule has 1 atom stereocenters. The first-order valence-corrected chi connectivity index (χ1v) is 9.86. The van der Waals surface area contributed by atoms with Gasteiger partial charge in [0, 0.05) is 50.3 Å². The van der Waals surface area contributed by atoms with Crippen LogP contribution in [0.15, 0.2) is 30.6 Å². The lowest BCUT2D eigenvalue weighted by molar-refractivity contribution is 0.0191. The van der Waals surface area contributed by atoms with Crippen LogP contribution in [-0.4, -0.2) is 47.1 Å². The van der Waals surface area contributed by atoms with E-state index >= 15 is 0 Å². The van der Waals surface area contributed by atoms with E-state index in [2.05, 4.69) is 15.3 Å². The second-order valence-corrected chi connectivity index (χ2v) is 7.92. The lowest BCUT2D eigenvalue weighted by Gasteiger charge is -2.33. The van der Waals surface area contributed by atoms with Gasteiger partial charge in [-0.25, -0.2) is 18.7 Å². The van der Waals surface area contributed by atoms with Crippen LogP contribution in [0.25, 0.3) is 0 Å². The van der Waals surface area contributed by atoms with Gasteiger partial charge < -0.3 is 15.0 Å². The maximum absolute atomic E-state index is 13.9. The van der Waals surface area contributed by atoms with Gasteiger partial charge in [0.1, 0.15) is 11.6 Å². The molecular formula is C21H24F2N4O2. The van der Waals surface area contributed by atoms with Crippen LogP contribution in [0.2, 0.25) is 0 Å². The molecule has 0 radical (unpaired) electrons. The number of nitrogens with zero attached hydrogens (tertiary/aromatic N) is 3. The van der Waals surface area contributed by atoms with Crippen LogP contribution in [0.4, 0.5) is 14.7 Å². The molecular weight excluding hydrogens is 378 g/mol. The van der Waals surface area contributed by atoms with Crippen molar-refractivity contribution in [2.75, 3.05) is 31.6 Å². The van der Waals surface area contributed by atoms with Gasteiger partial charge in [0.2, 0.25) is 5.95 Å². The number of ether oxygens (including phenoxy) is 1. The summed E-state index contributed by atoms with van der Waals surface area (Å²) in [4.78, 5) is 23.1. The van der Waals surface area contributed by atoms with Crippen molar-refractivity contribution in [3.8, 4) is 0 Å². The van der Waals surface area contributed by atoms with E-state index in [4.69, 9.17) is 4.74 Å². The minimum Gasteiger partial charge on any atom is -0.381 e. The standard InChI is InChI=1S/C21H24F2N4O2/c1-14(17-3-2-16(22)10-18(17)23)26-20-24-11-15(12-25-20)19(28)27-7-4-21(13-27)5-8-29-9-6-21/h2-3,10-12,14H,4-9,13H2,1H3,(H,24,25,26). The van der Waals surface area contributed by atoms with Crippen LogP contribution >= 0.6 is 0 Å². The third-order valence-corrected chi connectivity index (χ3v) is 5.95. The molecule has 2 aromatic rings. The predicted octanol–water partition coefficient (Wildman–Crippen LogP) is 3.57. The fourth-order valence-electron chi connectivity index (χ4n) is 4.14. The molecule has 2 aliphatic rings. The van der Waals surface area contributed by atoms with Gasteiger partial charge in [-0.1, -0.05) is 6.07 Å². The summed E-state index contributed by atoms with van der Waals surface area (Å²) in [6.07, 6.45) is 5.96. The summed E-state index contributed by atoms with van der Waals surface area (Å²) in [6, 6.07) is 2.99. The number of hydrogen-bond donors (Lipinski definition) is 1. The summed E-state index contributed by atoms with van der Waals surface area (Å²) in [6.45, 7) is 4.74. The number of rotatable bonds is 4. The number of amides is 1. The highest BCUT2D eigenvalue weighted by Crippen LogP contribution is 2.40. The van der Waals surface area contributed by atoms with Crippen molar-refractivity contribution in [2.24, 2.45) is 5.41 Å². The molecule has 0 aliphatic carbocycles. The van der Waals surface area contributed by atoms with E-state index < -0.39 is 17.7 Å². The van der Waals surface area contributed by atoms with E-state index in [0.717, 1.165) is 51.6 Å². The lowest BCUT2D eigenvalue weighted by Crippen LogP contribution is -2.35. The van der Waals surface area contributed by atoms with Gasteiger partial charge in [0.15, 0.2) is 0 Å². The Kier molecular flexibility index (Phi) is 5.45. The minimum atomic E-state index is -0.632. The summed E-state index contributed by atoms with van der Waals surface area (Å²) in [5.41, 5.74) is 0.930. The molecule has 1 spiro atoms. The Labute approximate surface area is 168 Å². The molecule has 2 fully saturated rings. The van der Waals surface area contributed by atoms with E-state index in [1.807, 2.05) is 4.90 Å². The van der Waals surface area contributed by atoms with Crippen molar-refractivity contribution in [1.82, 2.24) is 14.9 Å². The molecule has 1 aromatic carbocycles. The average molecular weight is 402 g/mol. The number of benzene rings is 1. The Bertz CT molecular complexity index is 885. The first-order chi connectivity index (χ1) is 14.0. The van der Waals surface area contributed by atoms with Gasteiger partial charge in [0.05, 0.1) is 11.6 Å². The van der Waals surface area contributed by atoms with Gasteiger partial charge in [-0.15, -0.1) is 0 Å². The fraction of sp³-hybridized carbons (Fsp3) is 0.476. The molecule has 1 N–H and O–H groups in total. The Morgan fingerprint density at radius 2 is 1.93 bits per heavy atom. The average Bonchev–Trinajstić information content (AvgIpc) is 3.11. The fourth-order valence-corrected chi connectivity index (χ4v) is 4.14. The molecule has 2 aliphatic heterocycles. The summed E-state index contributed by atoms with van der Waals surface area (Å²) < 4.78 is 32.4. The minimum absolute atomic E-state index is 0.0717. The van der Waals surface area contributed by atoms with E-state index in [-0.39, 0.29) is 17.3 Å². The third-order valence-electron chi connectivity index (χ3n) is 5.95. The second kappa shape index (κ2) is 8.02. The number of carbonyl (C=O) groups excluding carboxylic acids is 1. The Hall–Kier alpha value is -2.61. The van der Waals surface area contributed by atoms with Gasteiger partial charge >= 0.3 is 0 Å². The zero-order valence-corrected chi connectivity index (χ0v) is 16.3. The predicted molar refractivity (Wildman–Crippen MR) is 103 cm³/mol. The first-order valence-electron chi connectivity index (χ1n) is 9.86. The molecule has 2 saturated heterocycles. The first kappa shape index (κ1) is 19.7. The van der Waals surface area contributed by atoms with Crippen LogP contribution in [0.1, 0.15) is 48.1 Å². The molecule has 8 heteroatoms. The molecule has 1 amide bonds. The molecule has 3 heterocycles. The Morgan fingerprint density at radius 1 is 1.21 bits per heavy atom. The van der Waals surface area contributed by atoms with E-state index in [9.17, 15) is 13.6 Å². The van der Waals surface area contributed by atoms with Crippen molar-refractivity contribution in [1.29, 1.82) is 0 Å². The molecule has 29 heavy (non-hydrogen) atoms. The number of halogens is 2. The van der Waals surface area contributed by atoms with E-state index in [0.29, 0.717) is 11.1 Å². The summed E-state index contributed by atoms with van der Waals surface area (Å²) in [5, 5.41) is 2.98. The summed E-state index contributed by atoms with van der Waals surface area (Å²) >= 11 is 0. The third kappa shape index (κ3) is 4.22. The van der Waals surface area contributed by atoms with Crippen LogP contribution in [0, 0.1) is 17.0 Å². The van der Waals surface area contributed by atoms with Crippen molar-refractivity contribution >= 4 is 11.9 Å². The zero-order chi connectivity index (χ0) is 20.4. The number of nitrogens with one attached hydrogen (secondary N) is 1. The van der Waals surface area contributed by atoms with Crippen molar-refractivity contribution < 1.29 is 18.3 Å². The van der Waals surface area contributed by atoms with Crippen LogP contribution < -0.4 is 5.32 Å². The van der Waals surface area contributed by atoms with Crippen molar-refractivity contribution in [3.63, 3.8) is 0 Å². The van der Waals surface area contributed by atoms with Gasteiger partial charge in [-0.2, -0.15) is 0 Å². The topological polar surface area (TPSA) is 67.4 Å². The molecule has 4 rings (SSSR count).